The predicted molar refractivity (Wildman–Crippen MR) is 75.6 cm³/mol. The number of benzene rings is 1. The first-order valence-corrected chi connectivity index (χ1v) is 7.67. The van der Waals surface area contributed by atoms with Crippen molar-refractivity contribution in [2.45, 2.75) is 32.2 Å². The summed E-state index contributed by atoms with van der Waals surface area (Å²) < 4.78 is 45.4. The van der Waals surface area contributed by atoms with Crippen molar-refractivity contribution in [2.75, 3.05) is 5.73 Å². The third-order valence-corrected chi connectivity index (χ3v) is 4.54. The second-order valence-electron chi connectivity index (χ2n) is 4.69. The van der Waals surface area contributed by atoms with Gasteiger partial charge in [-0.25, -0.2) is 22.5 Å². The summed E-state index contributed by atoms with van der Waals surface area (Å²) in [7, 11) is -3.89. The largest absolute Gasteiger partial charge is 0.444 e. The maximum atomic E-state index is 13.6. The molecule has 114 valence electrons. The normalized spacial score (nSPS) is 11.8. The van der Waals surface area contributed by atoms with E-state index in [2.05, 4.69) is 9.71 Å². The Bertz CT molecular complexity index is 741. The Balaban J connectivity index is 2.22. The van der Waals surface area contributed by atoms with Crippen molar-refractivity contribution in [1.82, 2.24) is 9.71 Å². The predicted octanol–water partition coefficient (Wildman–Crippen LogP) is 1.80. The smallest absolute Gasteiger partial charge is 0.241 e. The molecule has 0 spiro atoms. The lowest BCUT2D eigenvalue weighted by Gasteiger charge is -2.08. The third-order valence-electron chi connectivity index (χ3n) is 3.15. The van der Waals surface area contributed by atoms with Gasteiger partial charge in [0.15, 0.2) is 0 Å². The number of nitrogens with two attached hydrogens (primary N) is 1. The van der Waals surface area contributed by atoms with Crippen LogP contribution in [0.3, 0.4) is 0 Å². The Morgan fingerprint density at radius 1 is 1.33 bits per heavy atom. The lowest BCUT2D eigenvalue weighted by molar-refractivity contribution is 0.463. The lowest BCUT2D eigenvalue weighted by Crippen LogP contribution is -2.23. The summed E-state index contributed by atoms with van der Waals surface area (Å²) in [6.45, 7) is 4.85. The van der Waals surface area contributed by atoms with Crippen LogP contribution < -0.4 is 10.5 Å². The quantitative estimate of drug-likeness (QED) is 0.839. The minimum Gasteiger partial charge on any atom is -0.444 e. The third kappa shape index (κ3) is 3.22. The first kappa shape index (κ1) is 15.5. The van der Waals surface area contributed by atoms with Gasteiger partial charge >= 0.3 is 0 Å². The average molecular weight is 313 g/mol. The van der Waals surface area contributed by atoms with E-state index in [1.807, 2.05) is 0 Å². The van der Waals surface area contributed by atoms with Crippen molar-refractivity contribution in [3.8, 4) is 0 Å². The Kier molecular flexibility index (Phi) is 4.02. The first-order chi connectivity index (χ1) is 9.70. The Morgan fingerprint density at radius 2 is 2.00 bits per heavy atom. The number of rotatable bonds is 4. The van der Waals surface area contributed by atoms with E-state index in [1.54, 1.807) is 13.8 Å². The molecule has 21 heavy (non-hydrogen) atoms. The molecule has 0 aliphatic heterocycles. The highest BCUT2D eigenvalue weighted by Crippen LogP contribution is 2.21. The van der Waals surface area contributed by atoms with E-state index in [4.69, 9.17) is 10.2 Å². The fourth-order valence-corrected chi connectivity index (χ4v) is 2.71. The second kappa shape index (κ2) is 5.45. The zero-order chi connectivity index (χ0) is 15.8. The molecule has 0 aliphatic rings. The number of nitrogens with zero attached hydrogens (tertiary/aromatic N) is 1. The molecule has 1 aromatic heterocycles. The van der Waals surface area contributed by atoms with Crippen LogP contribution in [0.1, 0.15) is 22.9 Å². The van der Waals surface area contributed by atoms with Crippen LogP contribution in [0, 0.1) is 26.6 Å². The van der Waals surface area contributed by atoms with E-state index < -0.39 is 15.8 Å². The van der Waals surface area contributed by atoms with Crippen LogP contribution >= 0.6 is 0 Å². The Morgan fingerprint density at radius 3 is 2.52 bits per heavy atom. The minimum absolute atomic E-state index is 0.0817. The van der Waals surface area contributed by atoms with Crippen molar-refractivity contribution in [3.63, 3.8) is 0 Å². The summed E-state index contributed by atoms with van der Waals surface area (Å²) in [4.78, 5) is 3.83. The van der Waals surface area contributed by atoms with Gasteiger partial charge in [-0.3, -0.25) is 0 Å². The van der Waals surface area contributed by atoms with E-state index in [-0.39, 0.29) is 28.6 Å². The fourth-order valence-electron chi connectivity index (χ4n) is 1.68. The topological polar surface area (TPSA) is 98.2 Å². The maximum absolute atomic E-state index is 13.6. The lowest BCUT2D eigenvalue weighted by atomic mass is 10.2. The van der Waals surface area contributed by atoms with E-state index in [1.165, 1.54) is 13.0 Å². The van der Waals surface area contributed by atoms with Crippen LogP contribution in [-0.4, -0.2) is 13.4 Å². The van der Waals surface area contributed by atoms with Gasteiger partial charge in [-0.15, -0.1) is 0 Å². The number of aromatic nitrogens is 1. The SMILES string of the molecule is Cc1nc(CNS(=O)(=O)c2cc(N)c(C)c(F)c2)oc1C. The summed E-state index contributed by atoms with van der Waals surface area (Å²) in [6.07, 6.45) is 0. The molecule has 1 aromatic carbocycles. The molecule has 2 aromatic rings. The van der Waals surface area contributed by atoms with Crippen LogP contribution in [0.15, 0.2) is 21.4 Å². The molecule has 0 amide bonds. The fraction of sp³-hybridized carbons (Fsp3) is 0.308. The summed E-state index contributed by atoms with van der Waals surface area (Å²) in [5.74, 6) is 0.196. The molecule has 0 aliphatic carbocycles. The van der Waals surface area contributed by atoms with Gasteiger partial charge in [0.2, 0.25) is 15.9 Å². The molecule has 3 N–H and O–H groups in total. The Hall–Kier alpha value is -1.93. The van der Waals surface area contributed by atoms with E-state index >= 15 is 0 Å². The van der Waals surface area contributed by atoms with Crippen LogP contribution in [0.5, 0.6) is 0 Å². The van der Waals surface area contributed by atoms with Crippen LogP contribution in [0.25, 0.3) is 0 Å². The molecule has 0 saturated heterocycles. The number of halogens is 1. The van der Waals surface area contributed by atoms with E-state index in [9.17, 15) is 12.8 Å². The van der Waals surface area contributed by atoms with Gasteiger partial charge in [0.05, 0.1) is 17.1 Å². The molecule has 0 atom stereocenters. The summed E-state index contributed by atoms with van der Waals surface area (Å²) in [5.41, 5.74) is 6.57. The Labute approximate surface area is 122 Å². The molecular formula is C13H16FN3O3S. The van der Waals surface area contributed by atoms with Gasteiger partial charge in [0.1, 0.15) is 11.6 Å². The monoisotopic (exact) mass is 313 g/mol. The molecule has 0 unspecified atom stereocenters. The molecule has 2 rings (SSSR count). The van der Waals surface area contributed by atoms with Crippen molar-refractivity contribution >= 4 is 15.7 Å². The zero-order valence-corrected chi connectivity index (χ0v) is 12.7. The van der Waals surface area contributed by atoms with Gasteiger partial charge < -0.3 is 10.2 Å². The number of anilines is 1. The van der Waals surface area contributed by atoms with Gasteiger partial charge in [0.25, 0.3) is 0 Å². The standard InChI is InChI=1S/C13H16FN3O3S/c1-7-11(14)4-10(5-12(7)15)21(18,19)16-6-13-17-8(2)9(3)20-13/h4-5,16H,6,15H2,1-3H3. The number of sulfonamides is 1. The number of oxazole rings is 1. The molecule has 6 nitrogen and oxygen atoms in total. The van der Waals surface area contributed by atoms with Crippen LogP contribution in [-0.2, 0) is 16.6 Å². The highest BCUT2D eigenvalue weighted by atomic mass is 32.2. The van der Waals surface area contributed by atoms with Crippen molar-refractivity contribution in [2.24, 2.45) is 0 Å². The number of nitrogens with one attached hydrogen (secondary N) is 1. The van der Waals surface area contributed by atoms with Crippen molar-refractivity contribution < 1.29 is 17.2 Å². The molecule has 8 heteroatoms. The molecule has 0 radical (unpaired) electrons. The summed E-state index contributed by atoms with van der Waals surface area (Å²) in [6, 6.07) is 2.15. The number of aryl methyl sites for hydroxylation is 2. The molecule has 0 fully saturated rings. The highest BCUT2D eigenvalue weighted by Gasteiger charge is 2.18. The van der Waals surface area contributed by atoms with Gasteiger partial charge in [-0.05, 0) is 32.9 Å². The van der Waals surface area contributed by atoms with E-state index in [0.29, 0.717) is 11.5 Å². The number of hydrogen-bond donors (Lipinski definition) is 2. The van der Waals surface area contributed by atoms with Gasteiger partial charge in [-0.1, -0.05) is 0 Å². The van der Waals surface area contributed by atoms with Crippen LogP contribution in [0.4, 0.5) is 10.1 Å². The van der Waals surface area contributed by atoms with Crippen molar-refractivity contribution in [3.05, 3.63) is 40.9 Å². The number of nitrogen functional groups attached to an aromatic ring is 1. The van der Waals surface area contributed by atoms with Gasteiger partial charge in [-0.2, -0.15) is 0 Å². The summed E-state index contributed by atoms with van der Waals surface area (Å²) in [5, 5.41) is 0. The zero-order valence-electron chi connectivity index (χ0n) is 11.9. The number of hydrogen-bond acceptors (Lipinski definition) is 5. The highest BCUT2D eigenvalue weighted by molar-refractivity contribution is 7.89. The first-order valence-electron chi connectivity index (χ1n) is 6.19. The molecule has 1 heterocycles. The second-order valence-corrected chi connectivity index (χ2v) is 6.46. The molecule has 0 saturated carbocycles. The molecule has 0 bridgehead atoms. The average Bonchev–Trinajstić information content (AvgIpc) is 2.72. The molecular weight excluding hydrogens is 297 g/mol. The van der Waals surface area contributed by atoms with E-state index in [0.717, 1.165) is 6.07 Å². The van der Waals surface area contributed by atoms with Crippen LogP contribution in [0.2, 0.25) is 0 Å². The van der Waals surface area contributed by atoms with Crippen molar-refractivity contribution in [1.29, 1.82) is 0 Å². The minimum atomic E-state index is -3.89. The summed E-state index contributed by atoms with van der Waals surface area (Å²) >= 11 is 0. The van der Waals surface area contributed by atoms with Gasteiger partial charge in [0, 0.05) is 11.3 Å². The maximum Gasteiger partial charge on any atom is 0.241 e.